The first kappa shape index (κ1) is 17.5. The summed E-state index contributed by atoms with van der Waals surface area (Å²) < 4.78 is 71.8. The van der Waals surface area contributed by atoms with Gasteiger partial charge in [0.05, 0.1) is 5.52 Å². The summed E-state index contributed by atoms with van der Waals surface area (Å²) in [6.07, 6.45) is 1.27. The molecule has 0 spiro atoms. The average Bonchev–Trinajstić information content (AvgIpc) is 2.85. The zero-order valence-electron chi connectivity index (χ0n) is 13.2. The molecule has 0 amide bonds. The summed E-state index contributed by atoms with van der Waals surface area (Å²) in [5, 5.41) is 1.28. The lowest BCUT2D eigenvalue weighted by molar-refractivity contribution is -0.0501. The lowest BCUT2D eigenvalue weighted by Gasteiger charge is -2.12. The van der Waals surface area contributed by atoms with Gasteiger partial charge in [0.2, 0.25) is 0 Å². The van der Waals surface area contributed by atoms with Crippen LogP contribution in [0.4, 0.5) is 13.2 Å². The molecule has 3 aromatic rings. The van der Waals surface area contributed by atoms with E-state index >= 15 is 0 Å². The lowest BCUT2D eigenvalue weighted by Crippen LogP contribution is -2.28. The number of nitrogens with zero attached hydrogens (tertiary/aromatic N) is 2. The van der Waals surface area contributed by atoms with Crippen LogP contribution in [0.5, 0.6) is 5.88 Å². The van der Waals surface area contributed by atoms with Gasteiger partial charge in [0.15, 0.2) is 0 Å². The van der Waals surface area contributed by atoms with Gasteiger partial charge >= 0.3 is 15.6 Å². The van der Waals surface area contributed by atoms with Crippen LogP contribution in [0.2, 0.25) is 0 Å². The minimum absolute atomic E-state index is 0.0163. The average molecular weight is 374 g/mol. The third kappa shape index (κ3) is 2.81. The minimum Gasteiger partial charge on any atom is -0.364 e. The van der Waals surface area contributed by atoms with Crippen molar-refractivity contribution in [2.45, 2.75) is 19.2 Å². The summed E-state index contributed by atoms with van der Waals surface area (Å²) in [6, 6.07) is 7.05. The van der Waals surface area contributed by atoms with Gasteiger partial charge in [-0.05, 0) is 18.6 Å². The Balaban J connectivity index is 2.37. The fourth-order valence-corrected chi connectivity index (χ4v) is 3.11. The molecule has 0 bridgehead atoms. The number of halogens is 3. The van der Waals surface area contributed by atoms with Crippen molar-refractivity contribution in [1.29, 1.82) is 0 Å². The van der Waals surface area contributed by atoms with Crippen LogP contribution in [0, 0.1) is 6.92 Å². The molecule has 0 unspecified atom stereocenters. The van der Waals surface area contributed by atoms with Crippen LogP contribution in [-0.2, 0) is 21.6 Å². The molecule has 1 aromatic carbocycles. The maximum Gasteiger partial charge on any atom is 0.534 e. The number of benzene rings is 1. The number of hydrogen-bond acceptors (Lipinski definition) is 5. The summed E-state index contributed by atoms with van der Waals surface area (Å²) in [5.74, 6) is -0.647. The van der Waals surface area contributed by atoms with Crippen LogP contribution in [0.1, 0.15) is 5.56 Å². The number of aryl methyl sites for hydroxylation is 1. The van der Waals surface area contributed by atoms with Gasteiger partial charge in [-0.3, -0.25) is 0 Å². The molecule has 0 saturated heterocycles. The van der Waals surface area contributed by atoms with Gasteiger partial charge in [0.25, 0.3) is 5.88 Å². The van der Waals surface area contributed by atoms with Gasteiger partial charge in [-0.1, -0.05) is 18.2 Å². The van der Waals surface area contributed by atoms with E-state index in [9.17, 15) is 21.6 Å². The van der Waals surface area contributed by atoms with Crippen molar-refractivity contribution in [3.8, 4) is 5.88 Å². The van der Waals surface area contributed by atoms with Crippen molar-refractivity contribution in [1.82, 2.24) is 9.55 Å². The molecule has 0 atom stereocenters. The summed E-state index contributed by atoms with van der Waals surface area (Å²) >= 11 is 0. The van der Waals surface area contributed by atoms with Crippen molar-refractivity contribution < 1.29 is 30.5 Å². The Bertz CT molecular complexity index is 1060. The minimum atomic E-state index is -5.84. The van der Waals surface area contributed by atoms with Crippen molar-refractivity contribution in [2.24, 2.45) is 0 Å². The van der Waals surface area contributed by atoms with E-state index in [-0.39, 0.29) is 12.2 Å². The predicted molar refractivity (Wildman–Crippen MR) is 84.6 cm³/mol. The highest BCUT2D eigenvalue weighted by Crippen LogP contribution is 2.37. The fourth-order valence-electron chi connectivity index (χ4n) is 2.68. The van der Waals surface area contributed by atoms with Crippen LogP contribution in [-0.4, -0.2) is 30.6 Å². The number of aromatic nitrogens is 2. The molecule has 3 rings (SSSR count). The molecule has 2 heterocycles. The SMILES string of the molecule is COCn1c2ccccc2c2c(C)cnc(OS(=O)(=O)C(F)(F)F)c21. The molecule has 25 heavy (non-hydrogen) atoms. The Morgan fingerprint density at radius 1 is 1.24 bits per heavy atom. The Morgan fingerprint density at radius 3 is 2.56 bits per heavy atom. The van der Waals surface area contributed by atoms with Gasteiger partial charge in [0.1, 0.15) is 12.2 Å². The standard InChI is InChI=1S/C15H13F3N2O4S/c1-9-7-19-14(24-25(21,22)15(16,17)18)13-12(9)10-5-3-4-6-11(10)20(13)8-23-2/h3-7H,8H2,1-2H3. The van der Waals surface area contributed by atoms with E-state index in [0.717, 1.165) is 5.39 Å². The molecule has 10 heteroatoms. The number of para-hydroxylation sites is 1. The van der Waals surface area contributed by atoms with E-state index in [1.807, 2.05) is 0 Å². The number of rotatable bonds is 4. The first-order valence-electron chi connectivity index (χ1n) is 7.03. The largest absolute Gasteiger partial charge is 0.534 e. The second kappa shape index (κ2) is 5.88. The van der Waals surface area contributed by atoms with E-state index in [1.165, 1.54) is 17.9 Å². The topological polar surface area (TPSA) is 70.4 Å². The van der Waals surface area contributed by atoms with Crippen molar-refractivity contribution in [2.75, 3.05) is 7.11 Å². The van der Waals surface area contributed by atoms with Gasteiger partial charge in [-0.25, -0.2) is 4.98 Å². The molecule has 134 valence electrons. The predicted octanol–water partition coefficient (Wildman–Crippen LogP) is 3.33. The van der Waals surface area contributed by atoms with Crippen molar-refractivity contribution in [3.05, 3.63) is 36.0 Å². The number of alkyl halides is 3. The number of ether oxygens (including phenoxy) is 1. The maximum atomic E-state index is 12.7. The second-order valence-electron chi connectivity index (χ2n) is 5.32. The van der Waals surface area contributed by atoms with Crippen LogP contribution in [0.3, 0.4) is 0 Å². The van der Waals surface area contributed by atoms with E-state index in [0.29, 0.717) is 16.5 Å². The molecule has 6 nitrogen and oxygen atoms in total. The Labute approximate surface area is 140 Å². The molecule has 2 aromatic heterocycles. The van der Waals surface area contributed by atoms with Crippen LogP contribution in [0.25, 0.3) is 21.8 Å². The first-order valence-corrected chi connectivity index (χ1v) is 8.44. The van der Waals surface area contributed by atoms with E-state index in [1.54, 1.807) is 31.2 Å². The van der Waals surface area contributed by atoms with Gasteiger partial charge in [0, 0.05) is 24.1 Å². The molecule has 0 fully saturated rings. The van der Waals surface area contributed by atoms with Gasteiger partial charge in [-0.15, -0.1) is 0 Å². The molecular formula is C15H13F3N2O4S. The molecule has 0 radical (unpaired) electrons. The normalized spacial score (nSPS) is 12.8. The zero-order valence-corrected chi connectivity index (χ0v) is 14.0. The highest BCUT2D eigenvalue weighted by molar-refractivity contribution is 7.88. The van der Waals surface area contributed by atoms with Crippen LogP contribution >= 0.6 is 0 Å². The molecular weight excluding hydrogens is 361 g/mol. The number of methoxy groups -OCH3 is 1. The van der Waals surface area contributed by atoms with Gasteiger partial charge < -0.3 is 13.5 Å². The molecule has 0 N–H and O–H groups in total. The first-order chi connectivity index (χ1) is 11.7. The summed E-state index contributed by atoms with van der Waals surface area (Å²) in [7, 11) is -4.43. The summed E-state index contributed by atoms with van der Waals surface area (Å²) in [6.45, 7) is 1.71. The highest BCUT2D eigenvalue weighted by Gasteiger charge is 2.49. The van der Waals surface area contributed by atoms with E-state index < -0.39 is 21.5 Å². The van der Waals surface area contributed by atoms with Crippen LogP contribution in [0.15, 0.2) is 30.5 Å². The molecule has 0 saturated carbocycles. The number of hydrogen-bond donors (Lipinski definition) is 0. The third-order valence-corrected chi connectivity index (χ3v) is 4.62. The molecule has 0 aliphatic heterocycles. The Hall–Kier alpha value is -2.33. The van der Waals surface area contributed by atoms with E-state index in [2.05, 4.69) is 9.17 Å². The van der Waals surface area contributed by atoms with Crippen molar-refractivity contribution >= 4 is 31.9 Å². The van der Waals surface area contributed by atoms with E-state index in [4.69, 9.17) is 4.74 Å². The van der Waals surface area contributed by atoms with Crippen molar-refractivity contribution in [3.63, 3.8) is 0 Å². The second-order valence-corrected chi connectivity index (χ2v) is 6.85. The summed E-state index contributed by atoms with van der Waals surface area (Å²) in [5.41, 5.74) is -4.11. The Morgan fingerprint density at radius 2 is 1.92 bits per heavy atom. The smallest absolute Gasteiger partial charge is 0.364 e. The monoisotopic (exact) mass is 374 g/mol. The third-order valence-electron chi connectivity index (χ3n) is 3.67. The maximum absolute atomic E-state index is 12.7. The molecule has 0 aliphatic carbocycles. The number of fused-ring (bicyclic) bond motifs is 3. The van der Waals surface area contributed by atoms with Crippen LogP contribution < -0.4 is 4.18 Å². The number of pyridine rings is 1. The summed E-state index contributed by atoms with van der Waals surface area (Å²) in [4.78, 5) is 3.77. The Kier molecular flexibility index (Phi) is 4.12. The highest BCUT2D eigenvalue weighted by atomic mass is 32.2. The zero-order chi connectivity index (χ0) is 18.4. The quantitative estimate of drug-likeness (QED) is 0.518. The fraction of sp³-hybridized carbons (Fsp3) is 0.267. The lowest BCUT2D eigenvalue weighted by atomic mass is 10.1. The van der Waals surface area contributed by atoms with Gasteiger partial charge in [-0.2, -0.15) is 21.6 Å². The molecule has 0 aliphatic rings.